The summed E-state index contributed by atoms with van der Waals surface area (Å²) in [6.45, 7) is 6.20. The summed E-state index contributed by atoms with van der Waals surface area (Å²) in [6.07, 6.45) is 4.93. The SMILES string of the molecule is CCNC(CCC(C)OC)CC1CCOc2ccccc21. The highest BCUT2D eigenvalue weighted by molar-refractivity contribution is 5.37. The summed E-state index contributed by atoms with van der Waals surface area (Å²) in [5.74, 6) is 1.69. The van der Waals surface area contributed by atoms with Gasteiger partial charge in [0.1, 0.15) is 5.75 Å². The molecule has 1 aromatic rings. The van der Waals surface area contributed by atoms with Crippen molar-refractivity contribution in [1.29, 1.82) is 0 Å². The van der Waals surface area contributed by atoms with Crippen LogP contribution in [0.2, 0.25) is 0 Å². The second-order valence-electron chi connectivity index (χ2n) is 5.99. The van der Waals surface area contributed by atoms with E-state index in [1.54, 1.807) is 7.11 Å². The normalized spacial score (nSPS) is 20.4. The third kappa shape index (κ3) is 4.72. The number of hydrogen-bond donors (Lipinski definition) is 1. The van der Waals surface area contributed by atoms with Gasteiger partial charge >= 0.3 is 0 Å². The molecule has 0 saturated heterocycles. The molecule has 3 atom stereocenters. The van der Waals surface area contributed by atoms with E-state index in [1.165, 1.54) is 18.4 Å². The van der Waals surface area contributed by atoms with Crippen molar-refractivity contribution in [2.75, 3.05) is 20.3 Å². The van der Waals surface area contributed by atoms with Gasteiger partial charge in [-0.1, -0.05) is 25.1 Å². The summed E-state index contributed by atoms with van der Waals surface area (Å²) in [5, 5.41) is 3.64. The van der Waals surface area contributed by atoms with Gasteiger partial charge in [0.25, 0.3) is 0 Å². The molecule has 0 spiro atoms. The highest BCUT2D eigenvalue weighted by atomic mass is 16.5. The highest BCUT2D eigenvalue weighted by Crippen LogP contribution is 2.36. The molecule has 118 valence electrons. The average molecular weight is 291 g/mol. The average Bonchev–Trinajstić information content (AvgIpc) is 2.52. The Balaban J connectivity index is 1.97. The molecule has 0 aromatic heterocycles. The van der Waals surface area contributed by atoms with E-state index in [-0.39, 0.29) is 0 Å². The monoisotopic (exact) mass is 291 g/mol. The Hall–Kier alpha value is -1.06. The second kappa shape index (κ2) is 8.40. The molecule has 0 radical (unpaired) electrons. The van der Waals surface area contributed by atoms with E-state index in [0.29, 0.717) is 18.1 Å². The number of para-hydroxylation sites is 1. The minimum atomic E-state index is 0.341. The van der Waals surface area contributed by atoms with E-state index in [0.717, 1.165) is 31.7 Å². The molecular weight excluding hydrogens is 262 g/mol. The molecule has 1 aliphatic rings. The third-order valence-electron chi connectivity index (χ3n) is 4.47. The number of benzene rings is 1. The predicted molar refractivity (Wildman–Crippen MR) is 87.1 cm³/mol. The van der Waals surface area contributed by atoms with Gasteiger partial charge in [-0.05, 0) is 56.7 Å². The van der Waals surface area contributed by atoms with Crippen LogP contribution >= 0.6 is 0 Å². The van der Waals surface area contributed by atoms with Crippen molar-refractivity contribution in [3.8, 4) is 5.75 Å². The van der Waals surface area contributed by atoms with Crippen molar-refractivity contribution >= 4 is 0 Å². The molecule has 3 heteroatoms. The van der Waals surface area contributed by atoms with Crippen molar-refractivity contribution in [2.24, 2.45) is 0 Å². The molecule has 0 amide bonds. The highest BCUT2D eigenvalue weighted by Gasteiger charge is 2.24. The quantitative estimate of drug-likeness (QED) is 0.791. The van der Waals surface area contributed by atoms with Crippen LogP contribution in [0, 0.1) is 0 Å². The smallest absolute Gasteiger partial charge is 0.122 e. The van der Waals surface area contributed by atoms with Crippen LogP contribution in [-0.2, 0) is 4.74 Å². The molecule has 1 N–H and O–H groups in total. The first-order valence-electron chi connectivity index (χ1n) is 8.22. The summed E-state index contributed by atoms with van der Waals surface area (Å²) in [6, 6.07) is 9.05. The van der Waals surface area contributed by atoms with Crippen LogP contribution in [0.15, 0.2) is 24.3 Å². The van der Waals surface area contributed by atoms with Gasteiger partial charge in [0.2, 0.25) is 0 Å². The predicted octanol–water partition coefficient (Wildman–Crippen LogP) is 3.74. The zero-order chi connectivity index (χ0) is 15.1. The second-order valence-corrected chi connectivity index (χ2v) is 5.99. The van der Waals surface area contributed by atoms with Gasteiger partial charge in [-0.2, -0.15) is 0 Å². The largest absolute Gasteiger partial charge is 0.493 e. The summed E-state index contributed by atoms with van der Waals surface area (Å²) in [5.41, 5.74) is 1.38. The van der Waals surface area contributed by atoms with Crippen molar-refractivity contribution in [1.82, 2.24) is 5.32 Å². The fourth-order valence-corrected chi connectivity index (χ4v) is 3.15. The molecule has 1 aromatic carbocycles. The van der Waals surface area contributed by atoms with Gasteiger partial charge in [0.05, 0.1) is 12.7 Å². The Morgan fingerprint density at radius 1 is 1.33 bits per heavy atom. The first-order chi connectivity index (χ1) is 10.2. The van der Waals surface area contributed by atoms with Gasteiger partial charge in [0.15, 0.2) is 0 Å². The zero-order valence-corrected chi connectivity index (χ0v) is 13.6. The van der Waals surface area contributed by atoms with Crippen LogP contribution in [0.25, 0.3) is 0 Å². The molecule has 2 rings (SSSR count). The molecule has 3 unspecified atom stereocenters. The molecule has 0 fully saturated rings. The Kier molecular flexibility index (Phi) is 6.52. The fourth-order valence-electron chi connectivity index (χ4n) is 3.15. The van der Waals surface area contributed by atoms with Crippen LogP contribution in [0.3, 0.4) is 0 Å². The standard InChI is InChI=1S/C18H29NO2/c1-4-19-16(10-9-14(2)20-3)13-15-11-12-21-18-8-6-5-7-17(15)18/h5-8,14-16,19H,4,9-13H2,1-3H3. The zero-order valence-electron chi connectivity index (χ0n) is 13.6. The molecule has 1 aliphatic heterocycles. The third-order valence-corrected chi connectivity index (χ3v) is 4.47. The fraction of sp³-hybridized carbons (Fsp3) is 0.667. The van der Waals surface area contributed by atoms with E-state index in [2.05, 4.69) is 43.4 Å². The number of nitrogens with one attached hydrogen (secondary N) is 1. The number of hydrogen-bond acceptors (Lipinski definition) is 3. The van der Waals surface area contributed by atoms with Crippen LogP contribution in [0.5, 0.6) is 5.75 Å². The van der Waals surface area contributed by atoms with E-state index >= 15 is 0 Å². The van der Waals surface area contributed by atoms with Crippen molar-refractivity contribution < 1.29 is 9.47 Å². The lowest BCUT2D eigenvalue weighted by molar-refractivity contribution is 0.105. The van der Waals surface area contributed by atoms with Crippen molar-refractivity contribution in [3.63, 3.8) is 0 Å². The Labute approximate surface area is 129 Å². The Morgan fingerprint density at radius 2 is 2.14 bits per heavy atom. The number of ether oxygens (including phenoxy) is 2. The summed E-state index contributed by atoms with van der Waals surface area (Å²) < 4.78 is 11.1. The maximum absolute atomic E-state index is 5.77. The van der Waals surface area contributed by atoms with Gasteiger partial charge in [-0.15, -0.1) is 0 Å². The molecule has 0 aliphatic carbocycles. The minimum Gasteiger partial charge on any atom is -0.493 e. The number of methoxy groups -OCH3 is 1. The van der Waals surface area contributed by atoms with E-state index < -0.39 is 0 Å². The molecular formula is C18H29NO2. The molecule has 0 saturated carbocycles. The maximum Gasteiger partial charge on any atom is 0.122 e. The molecule has 3 nitrogen and oxygen atoms in total. The molecule has 1 heterocycles. The topological polar surface area (TPSA) is 30.5 Å². The lowest BCUT2D eigenvalue weighted by Gasteiger charge is -2.30. The lowest BCUT2D eigenvalue weighted by atomic mass is 9.86. The minimum absolute atomic E-state index is 0.341. The Morgan fingerprint density at radius 3 is 2.90 bits per heavy atom. The maximum atomic E-state index is 5.77. The van der Waals surface area contributed by atoms with Crippen molar-refractivity contribution in [2.45, 2.75) is 57.6 Å². The summed E-state index contributed by atoms with van der Waals surface area (Å²) in [7, 11) is 1.79. The lowest BCUT2D eigenvalue weighted by Crippen LogP contribution is -2.32. The van der Waals surface area contributed by atoms with Gasteiger partial charge in [-0.3, -0.25) is 0 Å². The Bertz CT molecular complexity index is 421. The summed E-state index contributed by atoms with van der Waals surface area (Å²) >= 11 is 0. The van der Waals surface area contributed by atoms with Crippen LogP contribution in [0.1, 0.15) is 51.0 Å². The van der Waals surface area contributed by atoms with E-state index in [4.69, 9.17) is 9.47 Å². The van der Waals surface area contributed by atoms with Crippen LogP contribution < -0.4 is 10.1 Å². The number of fused-ring (bicyclic) bond motifs is 1. The first kappa shape index (κ1) is 16.3. The molecule has 21 heavy (non-hydrogen) atoms. The first-order valence-corrected chi connectivity index (χ1v) is 8.22. The van der Waals surface area contributed by atoms with Gasteiger partial charge in [0, 0.05) is 13.2 Å². The van der Waals surface area contributed by atoms with Crippen LogP contribution in [0.4, 0.5) is 0 Å². The van der Waals surface area contributed by atoms with Crippen LogP contribution in [-0.4, -0.2) is 32.4 Å². The number of rotatable bonds is 8. The van der Waals surface area contributed by atoms with E-state index in [9.17, 15) is 0 Å². The van der Waals surface area contributed by atoms with Gasteiger partial charge < -0.3 is 14.8 Å². The molecule has 0 bridgehead atoms. The summed E-state index contributed by atoms with van der Waals surface area (Å²) in [4.78, 5) is 0. The van der Waals surface area contributed by atoms with Crippen molar-refractivity contribution in [3.05, 3.63) is 29.8 Å². The van der Waals surface area contributed by atoms with Gasteiger partial charge in [-0.25, -0.2) is 0 Å². The van der Waals surface area contributed by atoms with E-state index in [1.807, 2.05) is 0 Å².